The number of aliphatic hydroxyl groups excluding tert-OH is 1. The second-order valence-corrected chi connectivity index (χ2v) is 8.22. The third kappa shape index (κ3) is 3.77. The van der Waals surface area contributed by atoms with Gasteiger partial charge in [-0.2, -0.15) is 0 Å². The van der Waals surface area contributed by atoms with Crippen LogP contribution in [-0.2, 0) is 14.3 Å². The Morgan fingerprint density at radius 2 is 1.85 bits per heavy atom. The van der Waals surface area contributed by atoms with Crippen molar-refractivity contribution in [3.05, 3.63) is 0 Å². The first kappa shape index (κ1) is 19.9. The van der Waals surface area contributed by atoms with Gasteiger partial charge in [-0.25, -0.2) is 9.59 Å². The summed E-state index contributed by atoms with van der Waals surface area (Å²) < 4.78 is 4.80. The standard InChI is InChI=1S/C19H31N3O5/c1-12(2)16(17(24)22-11-14(23)10-15(22)18(25)27-3)21-9-8-20(19(21)26)13-6-4-5-7-13/h12-16,23H,4-11H2,1-3H3/t14-,15-,16?/m0/s1. The summed E-state index contributed by atoms with van der Waals surface area (Å²) in [5.74, 6) is -0.901. The molecule has 3 amide bonds. The Labute approximate surface area is 160 Å². The Bertz CT molecular complexity index is 590. The second kappa shape index (κ2) is 8.04. The molecule has 0 spiro atoms. The number of carbonyl (C=O) groups excluding carboxylic acids is 3. The van der Waals surface area contributed by atoms with E-state index >= 15 is 0 Å². The fourth-order valence-electron chi connectivity index (χ4n) is 4.75. The monoisotopic (exact) mass is 381 g/mol. The van der Waals surface area contributed by atoms with Crippen molar-refractivity contribution in [2.45, 2.75) is 70.2 Å². The third-order valence-corrected chi connectivity index (χ3v) is 6.09. The molecule has 1 saturated carbocycles. The molecule has 2 heterocycles. The van der Waals surface area contributed by atoms with Crippen LogP contribution in [0, 0.1) is 5.92 Å². The van der Waals surface area contributed by atoms with E-state index in [0.29, 0.717) is 13.1 Å². The number of amides is 3. The van der Waals surface area contributed by atoms with Crippen LogP contribution in [0.25, 0.3) is 0 Å². The van der Waals surface area contributed by atoms with E-state index < -0.39 is 24.2 Å². The molecule has 3 fully saturated rings. The predicted molar refractivity (Wildman–Crippen MR) is 97.8 cm³/mol. The van der Waals surface area contributed by atoms with E-state index in [1.165, 1.54) is 12.0 Å². The molecule has 2 saturated heterocycles. The van der Waals surface area contributed by atoms with Crippen LogP contribution < -0.4 is 0 Å². The Morgan fingerprint density at radius 1 is 1.19 bits per heavy atom. The molecular weight excluding hydrogens is 350 g/mol. The first-order valence-corrected chi connectivity index (χ1v) is 9.98. The summed E-state index contributed by atoms with van der Waals surface area (Å²) in [4.78, 5) is 43.4. The van der Waals surface area contributed by atoms with Gasteiger partial charge in [-0.15, -0.1) is 0 Å². The lowest BCUT2D eigenvalue weighted by molar-refractivity contribution is -0.153. The van der Waals surface area contributed by atoms with Crippen LogP contribution in [0.5, 0.6) is 0 Å². The maximum Gasteiger partial charge on any atom is 0.328 e. The summed E-state index contributed by atoms with van der Waals surface area (Å²) in [5, 5.41) is 10.00. The molecule has 0 aromatic carbocycles. The highest BCUT2D eigenvalue weighted by Crippen LogP contribution is 2.30. The minimum absolute atomic E-state index is 0.0803. The molecule has 3 atom stereocenters. The van der Waals surface area contributed by atoms with Crippen LogP contribution in [0.1, 0.15) is 46.0 Å². The number of ether oxygens (including phenoxy) is 1. The fourth-order valence-corrected chi connectivity index (χ4v) is 4.75. The van der Waals surface area contributed by atoms with Gasteiger partial charge in [0.15, 0.2) is 0 Å². The van der Waals surface area contributed by atoms with Crippen LogP contribution in [0.4, 0.5) is 4.79 Å². The molecule has 152 valence electrons. The Kier molecular flexibility index (Phi) is 5.93. The van der Waals surface area contributed by atoms with Crippen LogP contribution in [0.3, 0.4) is 0 Å². The highest BCUT2D eigenvalue weighted by atomic mass is 16.5. The number of aliphatic hydroxyl groups is 1. The van der Waals surface area contributed by atoms with Gasteiger partial charge in [0.25, 0.3) is 0 Å². The van der Waals surface area contributed by atoms with Crippen LogP contribution in [-0.4, -0.2) is 88.7 Å². The van der Waals surface area contributed by atoms with Crippen molar-refractivity contribution < 1.29 is 24.2 Å². The number of hydrogen-bond acceptors (Lipinski definition) is 5. The molecule has 0 aromatic heterocycles. The van der Waals surface area contributed by atoms with Crippen molar-refractivity contribution in [3.63, 3.8) is 0 Å². The van der Waals surface area contributed by atoms with Crippen molar-refractivity contribution in [1.29, 1.82) is 0 Å². The van der Waals surface area contributed by atoms with Gasteiger partial charge in [0.1, 0.15) is 12.1 Å². The van der Waals surface area contributed by atoms with E-state index in [1.54, 1.807) is 4.90 Å². The number of likely N-dealkylation sites (tertiary alicyclic amines) is 1. The lowest BCUT2D eigenvalue weighted by atomic mass is 10.0. The van der Waals surface area contributed by atoms with E-state index in [1.807, 2.05) is 18.7 Å². The third-order valence-electron chi connectivity index (χ3n) is 6.09. The lowest BCUT2D eigenvalue weighted by Gasteiger charge is -2.35. The SMILES string of the molecule is COC(=O)[C@@H]1C[C@H](O)CN1C(=O)C(C(C)C)N1CCN(C2CCCC2)C1=O. The molecule has 0 aromatic rings. The summed E-state index contributed by atoms with van der Waals surface area (Å²) in [6.45, 7) is 5.07. The minimum Gasteiger partial charge on any atom is -0.467 e. The maximum atomic E-state index is 13.3. The number of rotatable bonds is 5. The van der Waals surface area contributed by atoms with E-state index in [4.69, 9.17) is 4.74 Å². The van der Waals surface area contributed by atoms with Gasteiger partial charge in [0, 0.05) is 32.1 Å². The number of nitrogens with zero attached hydrogens (tertiary/aromatic N) is 3. The number of urea groups is 1. The topological polar surface area (TPSA) is 90.4 Å². The first-order chi connectivity index (χ1) is 12.8. The van der Waals surface area contributed by atoms with Gasteiger partial charge in [-0.05, 0) is 18.8 Å². The van der Waals surface area contributed by atoms with E-state index in [2.05, 4.69) is 0 Å². The zero-order valence-electron chi connectivity index (χ0n) is 16.5. The van der Waals surface area contributed by atoms with Crippen molar-refractivity contribution >= 4 is 17.9 Å². The number of β-amino-alcohol motifs (C(OH)–C–C–N with tert-alkyl or cyclic N) is 1. The van der Waals surface area contributed by atoms with Crippen molar-refractivity contribution in [1.82, 2.24) is 14.7 Å². The van der Waals surface area contributed by atoms with Crippen LogP contribution in [0.2, 0.25) is 0 Å². The second-order valence-electron chi connectivity index (χ2n) is 8.22. The molecule has 8 nitrogen and oxygen atoms in total. The lowest BCUT2D eigenvalue weighted by Crippen LogP contribution is -2.55. The van der Waals surface area contributed by atoms with Crippen molar-refractivity contribution in [3.8, 4) is 0 Å². The molecule has 3 aliphatic rings. The van der Waals surface area contributed by atoms with E-state index in [9.17, 15) is 19.5 Å². The average molecular weight is 381 g/mol. The molecule has 0 bridgehead atoms. The summed E-state index contributed by atoms with van der Waals surface area (Å²) in [5.41, 5.74) is 0. The summed E-state index contributed by atoms with van der Waals surface area (Å²) in [7, 11) is 1.28. The van der Waals surface area contributed by atoms with Crippen molar-refractivity contribution in [2.24, 2.45) is 5.92 Å². The van der Waals surface area contributed by atoms with Gasteiger partial charge < -0.3 is 24.5 Å². The zero-order chi connectivity index (χ0) is 19.7. The molecule has 1 N–H and O–H groups in total. The van der Waals surface area contributed by atoms with Gasteiger partial charge in [0.2, 0.25) is 5.91 Å². The summed E-state index contributed by atoms with van der Waals surface area (Å²) >= 11 is 0. The van der Waals surface area contributed by atoms with E-state index in [-0.39, 0.29) is 36.9 Å². The number of hydrogen-bond donors (Lipinski definition) is 1. The summed E-state index contributed by atoms with van der Waals surface area (Å²) in [6, 6.07) is -1.23. The first-order valence-electron chi connectivity index (χ1n) is 9.98. The van der Waals surface area contributed by atoms with Gasteiger partial charge >= 0.3 is 12.0 Å². The highest BCUT2D eigenvalue weighted by molar-refractivity contribution is 5.91. The Balaban J connectivity index is 1.78. The minimum atomic E-state index is -0.789. The summed E-state index contributed by atoms with van der Waals surface area (Å²) in [6.07, 6.45) is 3.77. The largest absolute Gasteiger partial charge is 0.467 e. The molecule has 0 radical (unpaired) electrons. The molecule has 8 heteroatoms. The Hall–Kier alpha value is -1.83. The molecule has 2 aliphatic heterocycles. The molecule has 1 unspecified atom stereocenters. The van der Waals surface area contributed by atoms with Crippen molar-refractivity contribution in [2.75, 3.05) is 26.7 Å². The molecule has 27 heavy (non-hydrogen) atoms. The molecule has 1 aliphatic carbocycles. The zero-order valence-corrected chi connectivity index (χ0v) is 16.5. The van der Waals surface area contributed by atoms with Crippen LogP contribution >= 0.6 is 0 Å². The fraction of sp³-hybridized carbons (Fsp3) is 0.842. The highest BCUT2D eigenvalue weighted by Gasteiger charge is 2.47. The van der Waals surface area contributed by atoms with Gasteiger partial charge in [0.05, 0.1) is 13.2 Å². The number of esters is 1. The number of carbonyl (C=O) groups is 3. The molecule has 3 rings (SSSR count). The van der Waals surface area contributed by atoms with Gasteiger partial charge in [-0.3, -0.25) is 4.79 Å². The number of methoxy groups -OCH3 is 1. The normalized spacial score (nSPS) is 27.7. The quantitative estimate of drug-likeness (QED) is 0.713. The average Bonchev–Trinajstić information content (AvgIpc) is 3.35. The maximum absolute atomic E-state index is 13.3. The smallest absolute Gasteiger partial charge is 0.328 e. The molecular formula is C19H31N3O5. The Morgan fingerprint density at radius 3 is 2.44 bits per heavy atom. The van der Waals surface area contributed by atoms with Crippen LogP contribution in [0.15, 0.2) is 0 Å². The van der Waals surface area contributed by atoms with E-state index in [0.717, 1.165) is 25.7 Å². The van der Waals surface area contributed by atoms with Gasteiger partial charge in [-0.1, -0.05) is 26.7 Å². The predicted octanol–water partition coefficient (Wildman–Crippen LogP) is 0.826.